The molecule has 0 bridgehead atoms. The standard InChI is InChI=1S/C16H16BrCl2NO/c1-8-6-12(17)9(2)14(16(8)21-3)15(20)11-7-10(18)4-5-13(11)19/h4-7,15H,20H2,1-3H3. The minimum atomic E-state index is -0.414. The van der Waals surface area contributed by atoms with Crippen molar-refractivity contribution < 1.29 is 4.74 Å². The molecule has 2 aromatic carbocycles. The van der Waals surface area contributed by atoms with E-state index < -0.39 is 6.04 Å². The Kier molecular flexibility index (Phi) is 5.20. The molecule has 0 aliphatic heterocycles. The highest BCUT2D eigenvalue weighted by Crippen LogP contribution is 2.39. The highest BCUT2D eigenvalue weighted by molar-refractivity contribution is 9.10. The molecule has 0 heterocycles. The lowest BCUT2D eigenvalue weighted by molar-refractivity contribution is 0.404. The number of hydrogen-bond acceptors (Lipinski definition) is 2. The molecular weight excluding hydrogens is 373 g/mol. The van der Waals surface area contributed by atoms with E-state index in [9.17, 15) is 0 Å². The molecule has 0 spiro atoms. The molecule has 2 N–H and O–H groups in total. The van der Waals surface area contributed by atoms with Gasteiger partial charge in [0, 0.05) is 20.1 Å². The molecule has 0 aliphatic carbocycles. The quantitative estimate of drug-likeness (QED) is 0.760. The van der Waals surface area contributed by atoms with Gasteiger partial charge in [-0.2, -0.15) is 0 Å². The van der Waals surface area contributed by atoms with E-state index in [1.807, 2.05) is 19.9 Å². The average Bonchev–Trinajstić information content (AvgIpc) is 2.44. The minimum absolute atomic E-state index is 0.414. The number of hydrogen-bond donors (Lipinski definition) is 1. The number of benzene rings is 2. The van der Waals surface area contributed by atoms with Crippen LogP contribution in [-0.4, -0.2) is 7.11 Å². The average molecular weight is 389 g/mol. The van der Waals surface area contributed by atoms with Crippen LogP contribution in [0.15, 0.2) is 28.7 Å². The summed E-state index contributed by atoms with van der Waals surface area (Å²) in [6.07, 6.45) is 0. The minimum Gasteiger partial charge on any atom is -0.496 e. The summed E-state index contributed by atoms with van der Waals surface area (Å²) in [7, 11) is 1.64. The second-order valence-electron chi connectivity index (χ2n) is 4.89. The number of ether oxygens (including phenoxy) is 1. The Morgan fingerprint density at radius 3 is 2.48 bits per heavy atom. The van der Waals surface area contributed by atoms with E-state index in [-0.39, 0.29) is 0 Å². The number of aryl methyl sites for hydroxylation is 1. The normalized spacial score (nSPS) is 12.3. The van der Waals surface area contributed by atoms with Crippen molar-refractivity contribution in [2.75, 3.05) is 7.11 Å². The van der Waals surface area contributed by atoms with Gasteiger partial charge in [0.05, 0.1) is 13.2 Å². The first-order chi connectivity index (χ1) is 9.86. The predicted octanol–water partition coefficient (Wildman–Crippen LogP) is 5.43. The van der Waals surface area contributed by atoms with Crippen molar-refractivity contribution in [2.24, 2.45) is 5.73 Å². The van der Waals surface area contributed by atoms with Crippen molar-refractivity contribution in [2.45, 2.75) is 19.9 Å². The van der Waals surface area contributed by atoms with Crippen LogP contribution in [0, 0.1) is 13.8 Å². The number of methoxy groups -OCH3 is 1. The van der Waals surface area contributed by atoms with Crippen molar-refractivity contribution in [1.29, 1.82) is 0 Å². The van der Waals surface area contributed by atoms with Crippen LogP contribution in [0.2, 0.25) is 10.0 Å². The summed E-state index contributed by atoms with van der Waals surface area (Å²) in [5.74, 6) is 0.777. The van der Waals surface area contributed by atoms with Gasteiger partial charge in [-0.25, -0.2) is 0 Å². The molecule has 1 atom stereocenters. The number of nitrogens with two attached hydrogens (primary N) is 1. The fraction of sp³-hybridized carbons (Fsp3) is 0.250. The van der Waals surface area contributed by atoms with Gasteiger partial charge in [-0.3, -0.25) is 0 Å². The highest BCUT2D eigenvalue weighted by Gasteiger charge is 2.22. The van der Waals surface area contributed by atoms with Gasteiger partial charge in [0.1, 0.15) is 5.75 Å². The summed E-state index contributed by atoms with van der Waals surface area (Å²) in [5, 5.41) is 1.19. The number of halogens is 3. The van der Waals surface area contributed by atoms with E-state index >= 15 is 0 Å². The second kappa shape index (κ2) is 6.57. The maximum absolute atomic E-state index is 6.46. The lowest BCUT2D eigenvalue weighted by Gasteiger charge is -2.22. The zero-order valence-electron chi connectivity index (χ0n) is 12.0. The van der Waals surface area contributed by atoms with E-state index in [1.54, 1.807) is 25.3 Å². The first-order valence-corrected chi connectivity index (χ1v) is 7.95. The largest absolute Gasteiger partial charge is 0.496 e. The summed E-state index contributed by atoms with van der Waals surface area (Å²) >= 11 is 15.9. The van der Waals surface area contributed by atoms with Crippen molar-refractivity contribution in [1.82, 2.24) is 0 Å². The van der Waals surface area contributed by atoms with Gasteiger partial charge in [0.25, 0.3) is 0 Å². The first-order valence-electron chi connectivity index (χ1n) is 6.41. The monoisotopic (exact) mass is 387 g/mol. The van der Waals surface area contributed by atoms with Gasteiger partial charge in [-0.1, -0.05) is 39.1 Å². The molecule has 0 fully saturated rings. The Balaban J connectivity index is 2.68. The summed E-state index contributed by atoms with van der Waals surface area (Å²) in [4.78, 5) is 0. The fourth-order valence-corrected chi connectivity index (χ4v) is 3.40. The zero-order chi connectivity index (χ0) is 15.7. The van der Waals surface area contributed by atoms with Crippen molar-refractivity contribution in [3.63, 3.8) is 0 Å². The Labute approximate surface area is 143 Å². The summed E-state index contributed by atoms with van der Waals surface area (Å²) in [5.41, 5.74) is 10.2. The van der Waals surface area contributed by atoms with Gasteiger partial charge in [0.2, 0.25) is 0 Å². The van der Waals surface area contributed by atoms with Gasteiger partial charge >= 0.3 is 0 Å². The molecule has 1 unspecified atom stereocenters. The smallest absolute Gasteiger partial charge is 0.127 e. The van der Waals surface area contributed by atoms with E-state index in [1.165, 1.54) is 0 Å². The first kappa shape index (κ1) is 16.6. The molecule has 0 aliphatic rings. The molecule has 5 heteroatoms. The Morgan fingerprint density at radius 2 is 1.86 bits per heavy atom. The Hall–Kier alpha value is -0.740. The van der Waals surface area contributed by atoms with E-state index in [0.717, 1.165) is 32.5 Å². The maximum atomic E-state index is 6.46. The molecular formula is C16H16BrCl2NO. The van der Waals surface area contributed by atoms with Crippen molar-refractivity contribution in [3.8, 4) is 5.75 Å². The van der Waals surface area contributed by atoms with Crippen LogP contribution in [0.5, 0.6) is 5.75 Å². The third-order valence-corrected chi connectivity index (χ3v) is 4.92. The third-order valence-electron chi connectivity index (χ3n) is 3.52. The van der Waals surface area contributed by atoms with E-state index in [4.69, 9.17) is 33.7 Å². The molecule has 2 aromatic rings. The van der Waals surface area contributed by atoms with E-state index in [2.05, 4.69) is 15.9 Å². The fourth-order valence-electron chi connectivity index (χ4n) is 2.43. The molecule has 0 amide bonds. The second-order valence-corrected chi connectivity index (χ2v) is 6.59. The number of rotatable bonds is 3. The van der Waals surface area contributed by atoms with Crippen molar-refractivity contribution in [3.05, 3.63) is 61.0 Å². The molecule has 0 saturated carbocycles. The van der Waals surface area contributed by atoms with Gasteiger partial charge < -0.3 is 10.5 Å². The summed E-state index contributed by atoms with van der Waals surface area (Å²) in [6.45, 7) is 3.98. The molecule has 0 saturated heterocycles. The summed E-state index contributed by atoms with van der Waals surface area (Å²) < 4.78 is 6.54. The molecule has 0 radical (unpaired) electrons. The van der Waals surface area contributed by atoms with Crippen LogP contribution in [0.4, 0.5) is 0 Å². The molecule has 112 valence electrons. The van der Waals surface area contributed by atoms with Gasteiger partial charge in [0.15, 0.2) is 0 Å². The van der Waals surface area contributed by atoms with Crippen molar-refractivity contribution >= 4 is 39.1 Å². The topological polar surface area (TPSA) is 35.2 Å². The molecule has 21 heavy (non-hydrogen) atoms. The third kappa shape index (κ3) is 3.21. The SMILES string of the molecule is COc1c(C)cc(Br)c(C)c1C(N)c1cc(Cl)ccc1Cl. The van der Waals surface area contributed by atoms with Crippen LogP contribution in [-0.2, 0) is 0 Å². The predicted molar refractivity (Wildman–Crippen MR) is 92.7 cm³/mol. The zero-order valence-corrected chi connectivity index (χ0v) is 15.1. The van der Waals surface area contributed by atoms with Gasteiger partial charge in [-0.15, -0.1) is 0 Å². The molecule has 2 nitrogen and oxygen atoms in total. The maximum Gasteiger partial charge on any atom is 0.127 e. The highest BCUT2D eigenvalue weighted by atomic mass is 79.9. The van der Waals surface area contributed by atoms with Crippen LogP contribution in [0.25, 0.3) is 0 Å². The Bertz CT molecular complexity index is 688. The Morgan fingerprint density at radius 1 is 1.19 bits per heavy atom. The lowest BCUT2D eigenvalue weighted by Crippen LogP contribution is -2.16. The van der Waals surface area contributed by atoms with Gasteiger partial charge in [-0.05, 0) is 54.8 Å². The van der Waals surface area contributed by atoms with Crippen LogP contribution in [0.3, 0.4) is 0 Å². The molecule has 2 rings (SSSR count). The lowest BCUT2D eigenvalue weighted by atomic mass is 9.93. The summed E-state index contributed by atoms with van der Waals surface area (Å²) in [6, 6.07) is 6.90. The van der Waals surface area contributed by atoms with Crippen LogP contribution < -0.4 is 10.5 Å². The van der Waals surface area contributed by atoms with Crippen LogP contribution >= 0.6 is 39.1 Å². The van der Waals surface area contributed by atoms with E-state index in [0.29, 0.717) is 10.0 Å². The molecule has 0 aromatic heterocycles. The van der Waals surface area contributed by atoms with Crippen LogP contribution in [0.1, 0.15) is 28.3 Å².